The highest BCUT2D eigenvalue weighted by atomic mass is 35.5. The number of likely N-dealkylation sites (tertiary alicyclic amines) is 1. The van der Waals surface area contributed by atoms with Gasteiger partial charge in [-0.2, -0.15) is 0 Å². The Hall–Kier alpha value is -1.97. The number of benzene rings is 1. The minimum Gasteiger partial charge on any atom is -0.444 e. The van der Waals surface area contributed by atoms with Crippen LogP contribution in [0.5, 0.6) is 0 Å². The van der Waals surface area contributed by atoms with Crippen molar-refractivity contribution in [1.82, 2.24) is 4.90 Å². The molecular formula is C25H33Cl2N3O5S. The van der Waals surface area contributed by atoms with E-state index in [9.17, 15) is 18.0 Å². The summed E-state index contributed by atoms with van der Waals surface area (Å²) in [6.07, 6.45) is 3.36. The summed E-state index contributed by atoms with van der Waals surface area (Å²) in [5.41, 5.74) is -1.58. The van der Waals surface area contributed by atoms with Gasteiger partial charge in [-0.15, -0.1) is 0 Å². The van der Waals surface area contributed by atoms with Crippen molar-refractivity contribution in [2.24, 2.45) is 15.9 Å². The number of carbonyl (C=O) groups excluding carboxylic acids is 2. The van der Waals surface area contributed by atoms with Gasteiger partial charge in [0.1, 0.15) is 16.7 Å². The minimum absolute atomic E-state index is 0.0399. The number of nitrogens with zero attached hydrogens (tertiary/aromatic N) is 3. The molecule has 8 nitrogen and oxygen atoms in total. The number of aldehydes is 1. The molecule has 3 rings (SSSR count). The molecule has 11 heteroatoms. The molecule has 0 radical (unpaired) electrons. The zero-order valence-corrected chi connectivity index (χ0v) is 23.4. The van der Waals surface area contributed by atoms with Crippen molar-refractivity contribution in [3.8, 4) is 0 Å². The summed E-state index contributed by atoms with van der Waals surface area (Å²) in [5, 5.41) is -0.782. The fourth-order valence-corrected chi connectivity index (χ4v) is 7.07. The number of piperidine rings is 1. The van der Waals surface area contributed by atoms with Gasteiger partial charge in [-0.05, 0) is 77.0 Å². The Morgan fingerprint density at radius 2 is 2.00 bits per heavy atom. The van der Waals surface area contributed by atoms with Crippen LogP contribution in [0.3, 0.4) is 0 Å². The zero-order chi connectivity index (χ0) is 26.7. The number of unbranched alkanes of at least 4 members (excludes halogenated alkanes) is 1. The normalized spacial score (nSPS) is 24.8. The van der Waals surface area contributed by atoms with Crippen LogP contribution in [0.2, 0.25) is 5.02 Å². The van der Waals surface area contributed by atoms with E-state index in [2.05, 4.69) is 9.98 Å². The first-order valence-corrected chi connectivity index (χ1v) is 14.4. The molecule has 0 bridgehead atoms. The van der Waals surface area contributed by atoms with Crippen molar-refractivity contribution in [3.05, 3.63) is 29.3 Å². The van der Waals surface area contributed by atoms with Crippen LogP contribution in [-0.4, -0.2) is 59.8 Å². The second kappa shape index (κ2) is 11.2. The van der Waals surface area contributed by atoms with Gasteiger partial charge in [0.2, 0.25) is 0 Å². The summed E-state index contributed by atoms with van der Waals surface area (Å²) < 4.78 is 33.1. The molecule has 3 unspecified atom stereocenters. The van der Waals surface area contributed by atoms with Crippen molar-refractivity contribution in [1.29, 1.82) is 0 Å². The first-order chi connectivity index (χ1) is 16.8. The van der Waals surface area contributed by atoms with E-state index < -0.39 is 32.6 Å². The molecule has 36 heavy (non-hydrogen) atoms. The molecule has 1 aromatic carbocycles. The quantitative estimate of drug-likeness (QED) is 0.383. The Balaban J connectivity index is 1.95. The highest BCUT2D eigenvalue weighted by Gasteiger charge is 2.45. The number of halogens is 2. The lowest BCUT2D eigenvalue weighted by Crippen LogP contribution is -2.52. The van der Waals surface area contributed by atoms with Crippen molar-refractivity contribution in [2.75, 3.05) is 6.54 Å². The van der Waals surface area contributed by atoms with Crippen molar-refractivity contribution in [2.45, 2.75) is 87.8 Å². The van der Waals surface area contributed by atoms with Gasteiger partial charge in [-0.3, -0.25) is 9.69 Å². The summed E-state index contributed by atoms with van der Waals surface area (Å²) >= 11 is 12.3. The maximum absolute atomic E-state index is 13.8. The predicted octanol–water partition coefficient (Wildman–Crippen LogP) is 5.65. The Morgan fingerprint density at radius 1 is 1.28 bits per heavy atom. The van der Waals surface area contributed by atoms with Gasteiger partial charge >= 0.3 is 6.09 Å². The lowest BCUT2D eigenvalue weighted by atomic mass is 9.85. The molecule has 0 saturated carbocycles. The summed E-state index contributed by atoms with van der Waals surface area (Å²) in [4.78, 5) is 34.9. The van der Waals surface area contributed by atoms with E-state index >= 15 is 0 Å². The molecule has 0 N–H and O–H groups in total. The van der Waals surface area contributed by atoms with Crippen LogP contribution in [-0.2, 0) is 19.4 Å². The van der Waals surface area contributed by atoms with Crippen LogP contribution in [0.25, 0.3) is 0 Å². The van der Waals surface area contributed by atoms with Gasteiger partial charge in [0, 0.05) is 11.6 Å². The number of hydrogen-bond acceptors (Lipinski definition) is 7. The third-order valence-corrected chi connectivity index (χ3v) is 8.86. The molecule has 2 aliphatic heterocycles. The van der Waals surface area contributed by atoms with Crippen molar-refractivity contribution in [3.63, 3.8) is 0 Å². The number of aliphatic imine (C=N–C) groups is 2. The van der Waals surface area contributed by atoms with E-state index in [4.69, 9.17) is 27.9 Å². The van der Waals surface area contributed by atoms with E-state index in [1.165, 1.54) is 17.0 Å². The number of amides is 1. The second-order valence-electron chi connectivity index (χ2n) is 10.3. The molecule has 1 aromatic rings. The van der Waals surface area contributed by atoms with E-state index in [1.807, 2.05) is 6.92 Å². The van der Waals surface area contributed by atoms with Crippen LogP contribution in [0.1, 0.15) is 66.2 Å². The molecule has 1 fully saturated rings. The highest BCUT2D eigenvalue weighted by molar-refractivity contribution is 7.92. The summed E-state index contributed by atoms with van der Waals surface area (Å²) in [6, 6.07) is 6.02. The molecule has 0 aromatic heterocycles. The van der Waals surface area contributed by atoms with E-state index in [-0.39, 0.29) is 39.7 Å². The molecule has 2 aliphatic rings. The molecule has 1 saturated heterocycles. The van der Waals surface area contributed by atoms with Crippen LogP contribution >= 0.6 is 23.2 Å². The minimum atomic E-state index is -3.98. The fourth-order valence-electron chi connectivity index (χ4n) is 4.64. The molecular weight excluding hydrogens is 525 g/mol. The molecule has 2 heterocycles. The lowest BCUT2D eigenvalue weighted by molar-refractivity contribution is -0.102. The first-order valence-electron chi connectivity index (χ1n) is 12.1. The number of rotatable bonds is 8. The summed E-state index contributed by atoms with van der Waals surface area (Å²) in [5.74, 6) is -0.137. The van der Waals surface area contributed by atoms with Crippen LogP contribution in [0, 0.1) is 5.92 Å². The highest BCUT2D eigenvalue weighted by Crippen LogP contribution is 2.40. The molecule has 0 spiro atoms. The third kappa shape index (κ3) is 6.66. The predicted molar refractivity (Wildman–Crippen MR) is 142 cm³/mol. The second-order valence-corrected chi connectivity index (χ2v) is 13.2. The van der Waals surface area contributed by atoms with Gasteiger partial charge in [0.15, 0.2) is 27.0 Å². The molecule has 3 atom stereocenters. The summed E-state index contributed by atoms with van der Waals surface area (Å²) in [7, 11) is -3.98. The van der Waals surface area contributed by atoms with E-state index in [0.29, 0.717) is 25.5 Å². The van der Waals surface area contributed by atoms with Gasteiger partial charge < -0.3 is 4.74 Å². The van der Waals surface area contributed by atoms with Gasteiger partial charge in [0.25, 0.3) is 0 Å². The Bertz CT molecular complexity index is 1160. The maximum Gasteiger partial charge on any atom is 0.411 e. The average molecular weight is 559 g/mol. The smallest absolute Gasteiger partial charge is 0.411 e. The maximum atomic E-state index is 13.8. The Kier molecular flexibility index (Phi) is 8.89. The Morgan fingerprint density at radius 3 is 2.58 bits per heavy atom. The molecule has 198 valence electrons. The van der Waals surface area contributed by atoms with Crippen molar-refractivity contribution < 1.29 is 22.7 Å². The number of ether oxygens (including phenoxy) is 1. The Labute approximate surface area is 223 Å². The SMILES string of the molecule is CCCCC1(CC2CCN(C(=O)OC(C)(C)C)C(S(=O)(=O)c3cccc(Cl)c3)C2)N=C(Cl)C(C=O)=N1. The monoisotopic (exact) mass is 557 g/mol. The largest absolute Gasteiger partial charge is 0.444 e. The molecule has 1 amide bonds. The lowest BCUT2D eigenvalue weighted by Gasteiger charge is -2.41. The topological polar surface area (TPSA) is 105 Å². The van der Waals surface area contributed by atoms with Crippen LogP contribution < -0.4 is 0 Å². The van der Waals surface area contributed by atoms with Gasteiger partial charge in [0.05, 0.1) is 4.90 Å². The van der Waals surface area contributed by atoms with Crippen LogP contribution in [0.4, 0.5) is 4.79 Å². The zero-order valence-electron chi connectivity index (χ0n) is 21.0. The summed E-state index contributed by atoms with van der Waals surface area (Å²) in [6.45, 7) is 7.45. The van der Waals surface area contributed by atoms with E-state index in [1.54, 1.807) is 32.9 Å². The third-order valence-electron chi connectivity index (χ3n) is 6.28. The molecule has 0 aliphatic carbocycles. The van der Waals surface area contributed by atoms with E-state index in [0.717, 1.165) is 12.8 Å². The number of sulfone groups is 1. The average Bonchev–Trinajstić information content (AvgIpc) is 3.11. The first kappa shape index (κ1) is 28.6. The number of hydrogen-bond donors (Lipinski definition) is 0. The van der Waals surface area contributed by atoms with Crippen LogP contribution in [0.15, 0.2) is 39.1 Å². The van der Waals surface area contributed by atoms with Gasteiger partial charge in [-0.25, -0.2) is 23.2 Å². The van der Waals surface area contributed by atoms with Gasteiger partial charge in [-0.1, -0.05) is 42.6 Å². The van der Waals surface area contributed by atoms with Crippen molar-refractivity contribution >= 4 is 56.3 Å². The fraction of sp³-hybridized carbons (Fsp3) is 0.600. The standard InChI is InChI=1S/C25H33Cl2N3O5S/c1-5-6-11-25(28-20(16-31)22(27)29-25)15-17-10-12-30(23(32)35-24(2,3)4)21(13-17)36(33,34)19-9-7-8-18(26)14-19/h7-9,14,16-17,21H,5-6,10-13,15H2,1-4H3. The number of carbonyl (C=O) groups is 2.